The first-order valence-electron chi connectivity index (χ1n) is 13.0. The molecule has 0 radical (unpaired) electrons. The monoisotopic (exact) mass is 591 g/mol. The molecule has 9 nitrogen and oxygen atoms in total. The average molecular weight is 592 g/mol. The number of carbonyl (C=O) groups excluding carboxylic acids is 1. The van der Waals surface area contributed by atoms with Gasteiger partial charge in [-0.15, -0.1) is 0 Å². The lowest BCUT2D eigenvalue weighted by atomic mass is 10.0. The molecular weight excluding hydrogens is 558 g/mol. The topological polar surface area (TPSA) is 158 Å². The van der Waals surface area contributed by atoms with E-state index in [4.69, 9.17) is 37.3 Å². The highest BCUT2D eigenvalue weighted by atomic mass is 35.5. The highest BCUT2D eigenvalue weighted by molar-refractivity contribution is 6.32. The summed E-state index contributed by atoms with van der Waals surface area (Å²) in [5.41, 5.74) is 8.49. The first kappa shape index (κ1) is 32.1. The van der Waals surface area contributed by atoms with Crippen LogP contribution in [0.25, 0.3) is 11.1 Å². The van der Waals surface area contributed by atoms with Crippen LogP contribution in [0.1, 0.15) is 27.6 Å². The molecule has 4 aromatic rings. The number of phenols is 1. The average Bonchev–Trinajstić information content (AvgIpc) is 3.03. The molecule has 0 bridgehead atoms. The maximum atomic E-state index is 10.5. The van der Waals surface area contributed by atoms with E-state index in [2.05, 4.69) is 5.32 Å². The standard InChI is InChI=1S/C25H28N2O4.C7H6ClNO2/c1-30-23-15-18(16-26)14-21(19-8-4-2-5-9-19)25(23)31-13-12-27-22(17-28)24(29)20-10-6-3-7-11-20;8-5-3-4(7(9)11)1-2-6(5)10/h2-11,14-16,22,24,26-29H,12-13,17H2,1H3;1-3,10H,(H2,9,11). The Bertz CT molecular complexity index is 1450. The summed E-state index contributed by atoms with van der Waals surface area (Å²) >= 11 is 5.50. The molecule has 4 aromatic carbocycles. The van der Waals surface area contributed by atoms with Gasteiger partial charge in [0.2, 0.25) is 5.91 Å². The summed E-state index contributed by atoms with van der Waals surface area (Å²) in [5.74, 6) is 0.511. The molecule has 0 saturated heterocycles. The zero-order valence-corrected chi connectivity index (χ0v) is 23.8. The van der Waals surface area contributed by atoms with Crippen LogP contribution in [0.15, 0.2) is 91.0 Å². The summed E-state index contributed by atoms with van der Waals surface area (Å²) in [6.07, 6.45) is 0.449. The molecule has 220 valence electrons. The van der Waals surface area contributed by atoms with Crippen LogP contribution in [0.4, 0.5) is 0 Å². The number of rotatable bonds is 12. The molecule has 7 N–H and O–H groups in total. The van der Waals surface area contributed by atoms with E-state index >= 15 is 0 Å². The third-order valence-electron chi connectivity index (χ3n) is 6.25. The number of carbonyl (C=O) groups is 1. The molecule has 0 fully saturated rings. The number of aromatic hydroxyl groups is 1. The third-order valence-corrected chi connectivity index (χ3v) is 6.56. The quantitative estimate of drug-likeness (QED) is 0.104. The van der Waals surface area contributed by atoms with E-state index < -0.39 is 18.1 Å². The van der Waals surface area contributed by atoms with Gasteiger partial charge in [-0.2, -0.15) is 0 Å². The minimum Gasteiger partial charge on any atom is -0.506 e. The van der Waals surface area contributed by atoms with Gasteiger partial charge in [-0.25, -0.2) is 0 Å². The van der Waals surface area contributed by atoms with Crippen LogP contribution < -0.4 is 20.5 Å². The van der Waals surface area contributed by atoms with E-state index in [1.165, 1.54) is 24.4 Å². The van der Waals surface area contributed by atoms with Gasteiger partial charge in [0, 0.05) is 23.9 Å². The predicted molar refractivity (Wildman–Crippen MR) is 164 cm³/mol. The van der Waals surface area contributed by atoms with Gasteiger partial charge in [0.15, 0.2) is 11.5 Å². The van der Waals surface area contributed by atoms with Crippen LogP contribution in [0.5, 0.6) is 17.2 Å². The van der Waals surface area contributed by atoms with Crippen molar-refractivity contribution in [1.29, 1.82) is 5.41 Å². The van der Waals surface area contributed by atoms with Crippen molar-refractivity contribution in [3.8, 4) is 28.4 Å². The van der Waals surface area contributed by atoms with Crippen molar-refractivity contribution in [2.45, 2.75) is 12.1 Å². The number of benzene rings is 4. The van der Waals surface area contributed by atoms with E-state index in [9.17, 15) is 15.0 Å². The van der Waals surface area contributed by atoms with Gasteiger partial charge in [-0.1, -0.05) is 72.3 Å². The van der Waals surface area contributed by atoms with E-state index in [1.807, 2.05) is 66.7 Å². The Morgan fingerprint density at radius 1 is 1.05 bits per heavy atom. The van der Waals surface area contributed by atoms with Crippen molar-refractivity contribution < 1.29 is 29.6 Å². The van der Waals surface area contributed by atoms with Crippen molar-refractivity contribution in [3.63, 3.8) is 0 Å². The lowest BCUT2D eigenvalue weighted by Crippen LogP contribution is -2.40. The third kappa shape index (κ3) is 8.79. The molecular formula is C32H34ClN3O6. The SMILES string of the molecule is COc1cc(C=N)cc(-c2ccccc2)c1OCCNC(CO)C(O)c1ccccc1.NC(=O)c1ccc(O)c(Cl)c1. The molecule has 42 heavy (non-hydrogen) atoms. The smallest absolute Gasteiger partial charge is 0.248 e. The highest BCUT2D eigenvalue weighted by Gasteiger charge is 2.20. The summed E-state index contributed by atoms with van der Waals surface area (Å²) < 4.78 is 11.6. The van der Waals surface area contributed by atoms with Gasteiger partial charge in [0.05, 0.1) is 30.9 Å². The maximum absolute atomic E-state index is 10.5. The second-order valence-corrected chi connectivity index (χ2v) is 9.50. The van der Waals surface area contributed by atoms with Crippen molar-refractivity contribution >= 4 is 23.7 Å². The number of primary amides is 1. The fraction of sp³-hybridized carbons (Fsp3) is 0.188. The predicted octanol–water partition coefficient (Wildman–Crippen LogP) is 4.57. The van der Waals surface area contributed by atoms with Gasteiger partial charge in [0.1, 0.15) is 12.4 Å². The van der Waals surface area contributed by atoms with Crippen molar-refractivity contribution in [2.75, 3.05) is 26.9 Å². The van der Waals surface area contributed by atoms with Crippen LogP contribution >= 0.6 is 11.6 Å². The second-order valence-electron chi connectivity index (χ2n) is 9.09. The molecule has 2 unspecified atom stereocenters. The fourth-order valence-corrected chi connectivity index (χ4v) is 4.24. The van der Waals surface area contributed by atoms with Gasteiger partial charge in [-0.05, 0) is 47.0 Å². The largest absolute Gasteiger partial charge is 0.506 e. The van der Waals surface area contributed by atoms with Crippen LogP contribution in [0, 0.1) is 5.41 Å². The van der Waals surface area contributed by atoms with Gasteiger partial charge < -0.3 is 41.3 Å². The molecule has 0 aromatic heterocycles. The molecule has 4 rings (SSSR count). The maximum Gasteiger partial charge on any atom is 0.248 e. The Hall–Kier alpha value is -4.41. The molecule has 0 aliphatic rings. The zero-order valence-electron chi connectivity index (χ0n) is 23.0. The first-order valence-corrected chi connectivity index (χ1v) is 13.4. The van der Waals surface area contributed by atoms with Crippen LogP contribution in [0.3, 0.4) is 0 Å². The lowest BCUT2D eigenvalue weighted by molar-refractivity contribution is 0.0877. The Balaban J connectivity index is 0.000000369. The number of phenolic OH excluding ortho intramolecular Hbond substituents is 1. The van der Waals surface area contributed by atoms with Crippen molar-refractivity contribution in [3.05, 3.63) is 113 Å². The van der Waals surface area contributed by atoms with Gasteiger partial charge >= 0.3 is 0 Å². The molecule has 0 aliphatic carbocycles. The Kier molecular flexibility index (Phi) is 12.3. The number of halogens is 1. The minimum atomic E-state index is -0.826. The molecule has 0 spiro atoms. The number of hydrogen-bond acceptors (Lipinski definition) is 8. The highest BCUT2D eigenvalue weighted by Crippen LogP contribution is 2.39. The number of aliphatic hydroxyl groups is 2. The van der Waals surface area contributed by atoms with E-state index in [0.717, 1.165) is 16.7 Å². The zero-order chi connectivity index (χ0) is 30.5. The number of nitrogens with two attached hydrogens (primary N) is 1. The van der Waals surface area contributed by atoms with E-state index in [-0.39, 0.29) is 22.9 Å². The molecule has 10 heteroatoms. The van der Waals surface area contributed by atoms with E-state index in [1.54, 1.807) is 13.2 Å². The normalized spacial score (nSPS) is 11.9. The summed E-state index contributed by atoms with van der Waals surface area (Å²) in [7, 11) is 1.57. The number of aliphatic hydroxyl groups excluding tert-OH is 2. The summed E-state index contributed by atoms with van der Waals surface area (Å²) in [5, 5.41) is 40.1. The number of nitrogens with one attached hydrogen (secondary N) is 2. The number of methoxy groups -OCH3 is 1. The van der Waals surface area contributed by atoms with Crippen LogP contribution in [-0.4, -0.2) is 60.4 Å². The summed E-state index contributed by atoms with van der Waals surface area (Å²) in [6.45, 7) is 0.514. The molecule has 0 aliphatic heterocycles. The first-order chi connectivity index (χ1) is 20.3. The number of ether oxygens (including phenoxy) is 2. The summed E-state index contributed by atoms with van der Waals surface area (Å²) in [6, 6.07) is 26.2. The molecule has 0 saturated carbocycles. The molecule has 1 amide bonds. The Morgan fingerprint density at radius 3 is 2.29 bits per heavy atom. The van der Waals surface area contributed by atoms with Crippen molar-refractivity contribution in [1.82, 2.24) is 5.32 Å². The lowest BCUT2D eigenvalue weighted by Gasteiger charge is -2.23. The van der Waals surface area contributed by atoms with Gasteiger partial charge in [0.25, 0.3) is 0 Å². The van der Waals surface area contributed by atoms with Gasteiger partial charge in [-0.3, -0.25) is 4.79 Å². The van der Waals surface area contributed by atoms with Crippen molar-refractivity contribution in [2.24, 2.45) is 5.73 Å². The number of hydrogen-bond donors (Lipinski definition) is 6. The molecule has 0 heterocycles. The minimum absolute atomic E-state index is 0.0586. The van der Waals surface area contributed by atoms with Crippen LogP contribution in [-0.2, 0) is 0 Å². The molecule has 2 atom stereocenters. The number of amides is 1. The van der Waals surface area contributed by atoms with Crippen LogP contribution in [0.2, 0.25) is 5.02 Å². The second kappa shape index (κ2) is 16.1. The van der Waals surface area contributed by atoms with E-state index in [0.29, 0.717) is 30.2 Å². The summed E-state index contributed by atoms with van der Waals surface area (Å²) in [4.78, 5) is 10.5. The Morgan fingerprint density at radius 2 is 1.71 bits per heavy atom. The fourth-order valence-electron chi connectivity index (χ4n) is 4.06. The Labute approximate surface area is 249 Å².